The highest BCUT2D eigenvalue weighted by Crippen LogP contribution is 2.66. The van der Waals surface area contributed by atoms with E-state index in [0.29, 0.717) is 34.9 Å². The van der Waals surface area contributed by atoms with Crippen molar-refractivity contribution in [3.05, 3.63) is 69.9 Å². The first-order valence-electron chi connectivity index (χ1n) is 20.7. The zero-order valence-electron chi connectivity index (χ0n) is 36.9. The lowest BCUT2D eigenvalue weighted by atomic mass is 9.92. The molecule has 0 bridgehead atoms. The Bertz CT molecular complexity index is 2740. The molecule has 0 aromatic heterocycles. The number of quaternary nitrogens is 2. The first-order valence-corrected chi connectivity index (χ1v) is 26.7. The van der Waals surface area contributed by atoms with Gasteiger partial charge >= 0.3 is 23.4 Å². The number of carbonyl (C=O) groups excluding carboxylic acids is 1. The van der Waals surface area contributed by atoms with Crippen LogP contribution in [0, 0.1) is 11.6 Å². The number of unbranched alkanes of at least 4 members (excludes halogenated alkanes) is 1. The minimum atomic E-state index is -5.58. The molecule has 1 saturated heterocycles. The number of amides is 1. The molecule has 1 amide bonds. The highest BCUT2D eigenvalue weighted by atomic mass is 32.2. The predicted octanol–water partition coefficient (Wildman–Crippen LogP) is 4.33. The number of carbonyl (C=O) groups is 1. The molecule has 2 heterocycles. The number of aliphatic hydroxyl groups is 1. The second-order valence-electron chi connectivity index (χ2n) is 17.3. The predicted molar refractivity (Wildman–Crippen MR) is 236 cm³/mol. The van der Waals surface area contributed by atoms with E-state index < -0.39 is 85.9 Å². The molecule has 0 spiro atoms. The van der Waals surface area contributed by atoms with Gasteiger partial charge < -0.3 is 48.3 Å². The number of nitrogens with one attached hydrogen (secondary N) is 2. The van der Waals surface area contributed by atoms with Crippen molar-refractivity contribution in [2.75, 3.05) is 80.7 Å². The fourth-order valence-corrected chi connectivity index (χ4v) is 11.9. The number of benzene rings is 3. The van der Waals surface area contributed by atoms with E-state index in [-0.39, 0.29) is 65.1 Å². The number of hydrogen-bond donors (Lipinski definition) is 8. The van der Waals surface area contributed by atoms with E-state index in [1.54, 1.807) is 0 Å². The van der Waals surface area contributed by atoms with Crippen molar-refractivity contribution in [2.45, 2.75) is 49.2 Å². The van der Waals surface area contributed by atoms with Gasteiger partial charge in [-0.3, -0.25) is 18.7 Å². The topological polar surface area (TPSA) is 315 Å². The van der Waals surface area contributed by atoms with Gasteiger partial charge in [-0.2, -0.15) is 17.0 Å². The molecule has 28 heteroatoms. The van der Waals surface area contributed by atoms with Crippen molar-refractivity contribution in [3.63, 3.8) is 0 Å². The van der Waals surface area contributed by atoms with Gasteiger partial charge in [-0.05, 0) is 30.7 Å². The van der Waals surface area contributed by atoms with Crippen LogP contribution in [0.5, 0.6) is 5.75 Å². The van der Waals surface area contributed by atoms with Gasteiger partial charge in [0, 0.05) is 85.2 Å². The summed E-state index contributed by atoms with van der Waals surface area (Å²) >= 11 is 0. The van der Waals surface area contributed by atoms with Crippen LogP contribution in [0.4, 0.5) is 8.78 Å². The number of ether oxygens (including phenoxy) is 1. The molecule has 2 aliphatic heterocycles. The molecular formula is C39H55F2N4O18P3S+2. The lowest BCUT2D eigenvalue weighted by Crippen LogP contribution is -2.44. The van der Waals surface area contributed by atoms with Crippen LogP contribution in [0.1, 0.15) is 42.5 Å². The molecule has 22 nitrogen and oxygen atoms in total. The molecule has 372 valence electrons. The Hall–Kier alpha value is -3.58. The van der Waals surface area contributed by atoms with Crippen LogP contribution in [-0.2, 0) is 41.7 Å². The summed E-state index contributed by atoms with van der Waals surface area (Å²) < 4.78 is 126. The average Bonchev–Trinajstić information content (AvgIpc) is 3.62. The van der Waals surface area contributed by atoms with Crippen molar-refractivity contribution < 1.29 is 96.4 Å². The second-order valence-corrected chi connectivity index (χ2v) is 23.5. The monoisotopic (exact) mass is 1030 g/mol. The first kappa shape index (κ1) is 54.4. The summed E-state index contributed by atoms with van der Waals surface area (Å²) in [6, 6.07) is 6.65. The molecule has 4 unspecified atom stereocenters. The van der Waals surface area contributed by atoms with Crippen molar-refractivity contribution in [1.82, 2.24) is 10.4 Å². The lowest BCUT2D eigenvalue weighted by Gasteiger charge is -2.32. The number of phosphoric acid groups is 2. The van der Waals surface area contributed by atoms with Crippen molar-refractivity contribution in [3.8, 4) is 28.2 Å². The van der Waals surface area contributed by atoms with Crippen molar-refractivity contribution in [1.29, 1.82) is 0 Å². The van der Waals surface area contributed by atoms with Gasteiger partial charge in [0.2, 0.25) is 5.43 Å². The van der Waals surface area contributed by atoms with Crippen LogP contribution in [0.15, 0.2) is 56.6 Å². The van der Waals surface area contributed by atoms with Crippen molar-refractivity contribution in [2.24, 2.45) is 0 Å². The number of phosphoric ester groups is 1. The minimum absolute atomic E-state index is 0.129. The molecule has 8 N–H and O–H groups in total. The zero-order valence-corrected chi connectivity index (χ0v) is 40.4. The zero-order chi connectivity index (χ0) is 49.8. The van der Waals surface area contributed by atoms with E-state index in [1.807, 2.05) is 28.2 Å². The van der Waals surface area contributed by atoms with Gasteiger partial charge in [0.1, 0.15) is 22.3 Å². The average molecular weight is 1030 g/mol. The Kier molecular flexibility index (Phi) is 17.5. The molecule has 5 rings (SSSR count). The van der Waals surface area contributed by atoms with Crippen molar-refractivity contribution >= 4 is 50.4 Å². The third kappa shape index (κ3) is 15.5. The highest BCUT2D eigenvalue weighted by molar-refractivity contribution is 7.86. The lowest BCUT2D eigenvalue weighted by molar-refractivity contribution is -0.896. The van der Waals surface area contributed by atoms with E-state index in [4.69, 9.17) is 9.15 Å². The summed E-state index contributed by atoms with van der Waals surface area (Å²) in [4.78, 5) is 54.2. The van der Waals surface area contributed by atoms with Crippen LogP contribution in [-0.4, -0.2) is 146 Å². The van der Waals surface area contributed by atoms with Gasteiger partial charge in [0.25, 0.3) is 16.0 Å². The highest BCUT2D eigenvalue weighted by Gasteiger charge is 2.42. The number of aromatic hydroxyl groups is 1. The molecule has 0 saturated carbocycles. The quantitative estimate of drug-likeness (QED) is 0.0159. The second kappa shape index (κ2) is 21.6. The molecular weight excluding hydrogens is 975 g/mol. The summed E-state index contributed by atoms with van der Waals surface area (Å²) in [7, 11) is -13.0. The van der Waals surface area contributed by atoms with Crippen LogP contribution in [0.2, 0.25) is 0 Å². The molecule has 0 radical (unpaired) electrons. The number of hydrogen-bond acceptors (Lipinski definition) is 14. The number of aliphatic hydroxyl groups excluding tert-OH is 1. The Morgan fingerprint density at radius 2 is 1.48 bits per heavy atom. The summed E-state index contributed by atoms with van der Waals surface area (Å²) in [5, 5.41) is 24.4. The SMILES string of the molecule is C[N+](C)(CCCC[N+](C)(C)CCCNP(=O)(O)OP(=O)(O)OP(=O)(O)OC[C@H]1OCCC1O)CCCNC(=O)c1ccc(-c2c3cc(F)c(=O)cc-3oc3cc(O)c(F)cc23)c(S(=O)(=O)O)c1. The fourth-order valence-electron chi connectivity index (χ4n) is 7.42. The Morgan fingerprint density at radius 3 is 2.09 bits per heavy atom. The normalized spacial score (nSPS) is 18.7. The standard InChI is InChI=1S/C39H53F2N4O18P3S/c1-44(2,14-5-6-15-45(3,4)17-8-13-43-64(50,51)62-66(54,55)63-65(52,53)60-24-36-31(46)11-18-59-36)16-7-12-42-39(49)25-9-10-26(37(19-25)67(56,57)58)38-27-20-29(40)32(47)22-34(27)61-35-23-33(48)30(41)21-28(35)38/h9-10,19-23,31,36,46H,5-8,11-18,24H2,1-4H3,(H5-2,42,43,47,48,49,50,51,52,53,54,55,56,57,58)/p+2/t31?,36-/m1/s1. The molecule has 2 aromatic carbocycles. The third-order valence-corrected chi connectivity index (χ3v) is 16.2. The molecule has 1 aliphatic carbocycles. The first-order chi connectivity index (χ1) is 31.0. The maximum absolute atomic E-state index is 14.6. The summed E-state index contributed by atoms with van der Waals surface area (Å²) in [5.41, 5.74) is -1.96. The maximum atomic E-state index is 14.6. The van der Waals surface area contributed by atoms with Gasteiger partial charge in [-0.1, -0.05) is 6.07 Å². The number of nitrogens with zero attached hydrogens (tertiary/aromatic N) is 2. The van der Waals surface area contributed by atoms with Crippen LogP contribution in [0.3, 0.4) is 0 Å². The molecule has 5 atom stereocenters. The summed E-state index contributed by atoms with van der Waals surface area (Å²) in [5.74, 6) is -4.06. The number of fused-ring (bicyclic) bond motifs is 2. The number of halogens is 2. The largest absolute Gasteiger partial charge is 0.505 e. The van der Waals surface area contributed by atoms with Gasteiger partial charge in [-0.25, -0.2) is 27.6 Å². The van der Waals surface area contributed by atoms with E-state index >= 15 is 0 Å². The summed E-state index contributed by atoms with van der Waals surface area (Å²) in [6.07, 6.45) is 0.767. The minimum Gasteiger partial charge on any atom is -0.505 e. The number of phenols is 1. The Labute approximate surface area is 384 Å². The van der Waals surface area contributed by atoms with E-state index in [1.165, 1.54) is 12.1 Å². The molecule has 67 heavy (non-hydrogen) atoms. The smallest absolute Gasteiger partial charge is 0.489 e. The Balaban J connectivity index is 1.07. The van der Waals surface area contributed by atoms with Gasteiger partial charge in [-0.15, -0.1) is 0 Å². The molecule has 1 fully saturated rings. The molecule has 2 aromatic rings. The fraction of sp³-hybridized carbons (Fsp3) is 0.487. The Morgan fingerprint density at radius 1 is 0.851 bits per heavy atom. The van der Waals surface area contributed by atoms with E-state index in [2.05, 4.69) is 23.5 Å². The van der Waals surface area contributed by atoms with Crippen LogP contribution >= 0.6 is 23.4 Å². The van der Waals surface area contributed by atoms with Crippen LogP contribution < -0.4 is 15.8 Å². The molecule has 3 aliphatic rings. The van der Waals surface area contributed by atoms with E-state index in [9.17, 15) is 69.9 Å². The van der Waals surface area contributed by atoms with Crippen LogP contribution in [0.25, 0.3) is 33.4 Å². The van der Waals surface area contributed by atoms with Gasteiger partial charge in [0.05, 0.1) is 67.1 Å². The number of phenolic OH excluding ortho intramolecular Hbond substituents is 1. The maximum Gasteiger partial charge on any atom is 0.489 e. The van der Waals surface area contributed by atoms with Gasteiger partial charge in [0.15, 0.2) is 17.4 Å². The number of rotatable bonds is 24. The van der Waals surface area contributed by atoms with E-state index in [0.717, 1.165) is 56.3 Å². The summed E-state index contributed by atoms with van der Waals surface area (Å²) in [6.45, 7) is 2.24. The third-order valence-electron chi connectivity index (χ3n) is 10.9.